The lowest BCUT2D eigenvalue weighted by atomic mass is 10.1. The van der Waals surface area contributed by atoms with E-state index in [9.17, 15) is 18.3 Å². The highest BCUT2D eigenvalue weighted by molar-refractivity contribution is 7.89. The van der Waals surface area contributed by atoms with Crippen molar-refractivity contribution in [1.82, 2.24) is 4.72 Å². The van der Waals surface area contributed by atoms with Crippen LogP contribution in [-0.2, 0) is 14.8 Å². The van der Waals surface area contributed by atoms with Crippen LogP contribution in [0.25, 0.3) is 10.8 Å². The Morgan fingerprint density at radius 2 is 1.96 bits per heavy atom. The summed E-state index contributed by atoms with van der Waals surface area (Å²) < 4.78 is 26.9. The Labute approximate surface area is 134 Å². The molecule has 0 aliphatic heterocycles. The Hall–Kier alpha value is -2.16. The standard InChI is InChI=1S/C15H18N2O5S/c1-15(9-18,14(19)20)17-23(21,22)11-6-7-12-10(8-11)4-3-5-13(12)16-2/h3-8,16-18H,9H2,1-2H3,(H,19,20)/t15-/m1/s1. The van der Waals surface area contributed by atoms with Gasteiger partial charge in [0.2, 0.25) is 10.0 Å². The van der Waals surface area contributed by atoms with Gasteiger partial charge in [-0.15, -0.1) is 0 Å². The molecule has 4 N–H and O–H groups in total. The number of aliphatic hydroxyl groups is 1. The van der Waals surface area contributed by atoms with Crippen LogP contribution in [0.4, 0.5) is 5.69 Å². The Morgan fingerprint density at radius 1 is 1.26 bits per heavy atom. The summed E-state index contributed by atoms with van der Waals surface area (Å²) in [5.41, 5.74) is -1.13. The molecule has 23 heavy (non-hydrogen) atoms. The number of anilines is 1. The van der Waals surface area contributed by atoms with Crippen molar-refractivity contribution < 1.29 is 23.4 Å². The van der Waals surface area contributed by atoms with Crippen LogP contribution in [0, 0.1) is 0 Å². The van der Waals surface area contributed by atoms with E-state index in [-0.39, 0.29) is 4.90 Å². The number of aliphatic carboxylic acids is 1. The number of carboxylic acids is 1. The van der Waals surface area contributed by atoms with Crippen molar-refractivity contribution in [2.75, 3.05) is 19.0 Å². The molecular formula is C15H18N2O5S. The van der Waals surface area contributed by atoms with Crippen LogP contribution >= 0.6 is 0 Å². The van der Waals surface area contributed by atoms with Crippen molar-refractivity contribution >= 4 is 32.5 Å². The molecule has 0 radical (unpaired) electrons. The molecule has 0 unspecified atom stereocenters. The third-order valence-electron chi connectivity index (χ3n) is 3.58. The zero-order valence-electron chi connectivity index (χ0n) is 12.7. The van der Waals surface area contributed by atoms with Gasteiger partial charge in [0.05, 0.1) is 11.5 Å². The van der Waals surface area contributed by atoms with Gasteiger partial charge in [-0.3, -0.25) is 4.79 Å². The monoisotopic (exact) mass is 338 g/mol. The molecule has 0 saturated carbocycles. The Morgan fingerprint density at radius 3 is 2.52 bits per heavy atom. The Balaban J connectivity index is 2.49. The predicted molar refractivity (Wildman–Crippen MR) is 86.9 cm³/mol. The van der Waals surface area contributed by atoms with Gasteiger partial charge in [0.25, 0.3) is 0 Å². The second-order valence-electron chi connectivity index (χ2n) is 5.34. The molecular weight excluding hydrogens is 320 g/mol. The summed E-state index contributed by atoms with van der Waals surface area (Å²) in [4.78, 5) is 11.1. The minimum Gasteiger partial charge on any atom is -0.480 e. The maximum atomic E-state index is 12.4. The van der Waals surface area contributed by atoms with Gasteiger partial charge >= 0.3 is 5.97 Å². The number of carboxylic acid groups (broad SMARTS) is 1. The summed E-state index contributed by atoms with van der Waals surface area (Å²) in [7, 11) is -2.33. The number of benzene rings is 2. The highest BCUT2D eigenvalue weighted by Crippen LogP contribution is 2.26. The molecule has 0 heterocycles. The van der Waals surface area contributed by atoms with Crippen LogP contribution in [-0.4, -0.2) is 43.8 Å². The van der Waals surface area contributed by atoms with Gasteiger partial charge in [0, 0.05) is 18.1 Å². The molecule has 0 saturated heterocycles. The third kappa shape index (κ3) is 3.29. The van der Waals surface area contributed by atoms with Crippen molar-refractivity contribution in [3.8, 4) is 0 Å². The number of rotatable bonds is 6. The average Bonchev–Trinajstić information content (AvgIpc) is 2.52. The fraction of sp³-hybridized carbons (Fsp3) is 0.267. The molecule has 0 bridgehead atoms. The van der Waals surface area contributed by atoms with Crippen molar-refractivity contribution in [3.05, 3.63) is 36.4 Å². The van der Waals surface area contributed by atoms with Crippen LogP contribution < -0.4 is 10.0 Å². The number of sulfonamides is 1. The lowest BCUT2D eigenvalue weighted by Gasteiger charge is -2.23. The van der Waals surface area contributed by atoms with Gasteiger partial charge in [0.15, 0.2) is 0 Å². The Bertz CT molecular complexity index is 850. The van der Waals surface area contributed by atoms with Crippen LogP contribution in [0.15, 0.2) is 41.3 Å². The fourth-order valence-electron chi connectivity index (χ4n) is 2.15. The number of aliphatic hydroxyl groups excluding tert-OH is 1. The van der Waals surface area contributed by atoms with E-state index in [4.69, 9.17) is 5.11 Å². The highest BCUT2D eigenvalue weighted by Gasteiger charge is 2.37. The van der Waals surface area contributed by atoms with E-state index in [2.05, 4.69) is 5.32 Å². The number of fused-ring (bicyclic) bond motifs is 1. The first-order chi connectivity index (χ1) is 10.7. The van der Waals surface area contributed by atoms with Crippen LogP contribution in [0.2, 0.25) is 0 Å². The first kappa shape index (κ1) is 17.2. The molecule has 7 nitrogen and oxygen atoms in total. The molecule has 0 amide bonds. The van der Waals surface area contributed by atoms with E-state index < -0.39 is 28.1 Å². The SMILES string of the molecule is CNc1cccc2cc(S(=O)(=O)N[C@](C)(CO)C(=O)O)ccc12. The summed E-state index contributed by atoms with van der Waals surface area (Å²) in [6.07, 6.45) is 0. The molecule has 0 aliphatic rings. The highest BCUT2D eigenvalue weighted by atomic mass is 32.2. The fourth-order valence-corrected chi connectivity index (χ4v) is 3.54. The van der Waals surface area contributed by atoms with Gasteiger partial charge in [0.1, 0.15) is 5.54 Å². The summed E-state index contributed by atoms with van der Waals surface area (Å²) in [6, 6.07) is 9.91. The number of hydrogen-bond acceptors (Lipinski definition) is 5. The molecule has 8 heteroatoms. The summed E-state index contributed by atoms with van der Waals surface area (Å²) in [5.74, 6) is -1.46. The largest absolute Gasteiger partial charge is 0.480 e. The quantitative estimate of drug-likeness (QED) is 0.624. The second-order valence-corrected chi connectivity index (χ2v) is 7.02. The zero-order chi connectivity index (χ0) is 17.3. The lowest BCUT2D eigenvalue weighted by Crippen LogP contribution is -2.54. The van der Waals surface area contributed by atoms with Crippen LogP contribution in [0.1, 0.15) is 6.92 Å². The Kier molecular flexibility index (Phi) is 4.60. The third-order valence-corrected chi connectivity index (χ3v) is 5.17. The van der Waals surface area contributed by atoms with Crippen molar-refractivity contribution in [3.63, 3.8) is 0 Å². The van der Waals surface area contributed by atoms with Gasteiger partial charge in [-0.05, 0) is 30.5 Å². The van der Waals surface area contributed by atoms with Crippen molar-refractivity contribution in [2.45, 2.75) is 17.4 Å². The van der Waals surface area contributed by atoms with E-state index in [0.717, 1.165) is 18.0 Å². The minimum absolute atomic E-state index is 0.0702. The van der Waals surface area contributed by atoms with Gasteiger partial charge < -0.3 is 15.5 Å². The maximum absolute atomic E-state index is 12.4. The molecule has 2 aromatic rings. The first-order valence-corrected chi connectivity index (χ1v) is 8.30. The smallest absolute Gasteiger partial charge is 0.327 e. The van der Waals surface area contributed by atoms with Crippen LogP contribution in [0.3, 0.4) is 0 Å². The number of hydrogen-bond donors (Lipinski definition) is 4. The molecule has 124 valence electrons. The van der Waals surface area contributed by atoms with Crippen molar-refractivity contribution in [1.29, 1.82) is 0 Å². The maximum Gasteiger partial charge on any atom is 0.327 e. The predicted octanol–water partition coefficient (Wildman–Crippen LogP) is 0.995. The molecule has 2 aromatic carbocycles. The number of carbonyl (C=O) groups is 1. The summed E-state index contributed by atoms with van der Waals surface area (Å²) in [6.45, 7) is 0.242. The number of nitrogens with one attached hydrogen (secondary N) is 2. The normalized spacial score (nSPS) is 14.4. The summed E-state index contributed by atoms with van der Waals surface area (Å²) >= 11 is 0. The van der Waals surface area contributed by atoms with Crippen LogP contribution in [0.5, 0.6) is 0 Å². The van der Waals surface area contributed by atoms with Gasteiger partial charge in [-0.25, -0.2) is 8.42 Å². The second kappa shape index (κ2) is 6.15. The molecule has 0 fully saturated rings. The average molecular weight is 338 g/mol. The van der Waals surface area contributed by atoms with E-state index in [1.807, 2.05) is 10.8 Å². The van der Waals surface area contributed by atoms with E-state index in [1.54, 1.807) is 25.2 Å². The van der Waals surface area contributed by atoms with Gasteiger partial charge in [-0.2, -0.15) is 4.72 Å². The zero-order valence-corrected chi connectivity index (χ0v) is 13.5. The molecule has 0 spiro atoms. The molecule has 1 atom stereocenters. The summed E-state index contributed by atoms with van der Waals surface area (Å²) in [5, 5.41) is 22.8. The lowest BCUT2D eigenvalue weighted by molar-refractivity contribution is -0.144. The minimum atomic E-state index is -4.10. The van der Waals surface area contributed by atoms with E-state index in [0.29, 0.717) is 5.39 Å². The molecule has 0 aliphatic carbocycles. The van der Waals surface area contributed by atoms with E-state index >= 15 is 0 Å². The van der Waals surface area contributed by atoms with E-state index in [1.165, 1.54) is 12.1 Å². The molecule has 2 rings (SSSR count). The topological polar surface area (TPSA) is 116 Å². The van der Waals surface area contributed by atoms with Gasteiger partial charge in [-0.1, -0.05) is 18.2 Å². The van der Waals surface area contributed by atoms with Crippen molar-refractivity contribution in [2.24, 2.45) is 0 Å². The first-order valence-electron chi connectivity index (χ1n) is 6.82. The molecule has 0 aromatic heterocycles.